The molecule has 1 aliphatic rings. The van der Waals surface area contributed by atoms with Crippen molar-refractivity contribution in [2.24, 2.45) is 5.92 Å². The number of amides is 1. The van der Waals surface area contributed by atoms with Gasteiger partial charge in [-0.05, 0) is 38.8 Å². The van der Waals surface area contributed by atoms with Crippen molar-refractivity contribution >= 4 is 11.4 Å². The average Bonchev–Trinajstić information content (AvgIpc) is 3.25. The summed E-state index contributed by atoms with van der Waals surface area (Å²) in [5.74, 6) is -1.52. The molecule has 2 atom stereocenters. The number of aliphatic hydroxyl groups is 1. The first-order valence-electron chi connectivity index (χ1n) is 10.2. The highest BCUT2D eigenvalue weighted by Crippen LogP contribution is 2.39. The van der Waals surface area contributed by atoms with Crippen LogP contribution in [0.1, 0.15) is 42.2 Å². The summed E-state index contributed by atoms with van der Waals surface area (Å²) in [6.45, 7) is 2.42. The van der Waals surface area contributed by atoms with Crippen LogP contribution in [0.15, 0.2) is 29.3 Å². The highest BCUT2D eigenvalue weighted by Gasteiger charge is 2.55. The zero-order valence-electron chi connectivity index (χ0n) is 17.6. The van der Waals surface area contributed by atoms with Crippen molar-refractivity contribution in [3.8, 4) is 5.95 Å². The van der Waals surface area contributed by atoms with Crippen molar-refractivity contribution in [3.63, 3.8) is 0 Å². The third-order valence-electron chi connectivity index (χ3n) is 6.16. The van der Waals surface area contributed by atoms with Crippen LogP contribution in [0.25, 0.3) is 11.5 Å². The number of nitrogens with one attached hydrogen (secondary N) is 1. The molecule has 9 nitrogen and oxygen atoms in total. The summed E-state index contributed by atoms with van der Waals surface area (Å²) in [6, 6.07) is 3.27. The molecule has 1 fully saturated rings. The number of nitrogens with zero attached hydrogens (tertiary/aromatic N) is 5. The van der Waals surface area contributed by atoms with E-state index in [0.29, 0.717) is 24.1 Å². The minimum absolute atomic E-state index is 0.101. The lowest BCUT2D eigenvalue weighted by molar-refractivity contribution is -0.273. The van der Waals surface area contributed by atoms with Gasteiger partial charge in [0.15, 0.2) is 5.60 Å². The number of fused-ring (bicyclic) bond motifs is 1. The molecule has 0 spiro atoms. The normalized spacial score (nSPS) is 19.7. The average molecular weight is 452 g/mol. The largest absolute Gasteiger partial charge is 0.417 e. The van der Waals surface area contributed by atoms with Gasteiger partial charge in [-0.2, -0.15) is 18.3 Å². The summed E-state index contributed by atoms with van der Waals surface area (Å²) < 4.78 is 42.8. The van der Waals surface area contributed by atoms with Gasteiger partial charge >= 0.3 is 6.18 Å². The van der Waals surface area contributed by atoms with Crippen molar-refractivity contribution < 1.29 is 23.1 Å². The molecule has 3 aromatic heterocycles. The molecule has 4 rings (SSSR count). The lowest BCUT2D eigenvalue weighted by Gasteiger charge is -2.36. The van der Waals surface area contributed by atoms with Gasteiger partial charge in [-0.25, -0.2) is 9.20 Å². The van der Waals surface area contributed by atoms with Crippen molar-refractivity contribution in [1.82, 2.24) is 29.3 Å². The van der Waals surface area contributed by atoms with Gasteiger partial charge in [0.05, 0.1) is 17.5 Å². The van der Waals surface area contributed by atoms with E-state index in [1.54, 1.807) is 25.3 Å². The van der Waals surface area contributed by atoms with Gasteiger partial charge in [0.25, 0.3) is 11.5 Å². The molecule has 0 aromatic carbocycles. The molecule has 3 aromatic rings. The maximum Gasteiger partial charge on any atom is 0.417 e. The second-order valence-electron chi connectivity index (χ2n) is 8.26. The molecule has 0 saturated carbocycles. The van der Waals surface area contributed by atoms with Gasteiger partial charge in [0.2, 0.25) is 5.95 Å². The highest BCUT2D eigenvalue weighted by molar-refractivity contribution is 5.95. The molecular formula is C20H23F3N6O3. The first-order chi connectivity index (χ1) is 15.0. The Bertz CT molecular complexity index is 1210. The number of hydrogen-bond donors (Lipinski definition) is 2. The van der Waals surface area contributed by atoms with Gasteiger partial charge in [0.1, 0.15) is 5.52 Å². The molecular weight excluding hydrogens is 429 g/mol. The minimum atomic E-state index is -4.80. The molecule has 12 heteroatoms. The maximum atomic E-state index is 13.4. The quantitative estimate of drug-likeness (QED) is 0.633. The van der Waals surface area contributed by atoms with E-state index in [-0.39, 0.29) is 36.6 Å². The number of alkyl halides is 3. The van der Waals surface area contributed by atoms with E-state index in [2.05, 4.69) is 15.2 Å². The van der Waals surface area contributed by atoms with E-state index in [4.69, 9.17) is 0 Å². The first kappa shape index (κ1) is 22.1. The number of carbonyl (C=O) groups excluding carboxylic acids is 1. The lowest BCUT2D eigenvalue weighted by atomic mass is 9.85. The summed E-state index contributed by atoms with van der Waals surface area (Å²) >= 11 is 0. The molecule has 1 aliphatic heterocycles. The second-order valence-corrected chi connectivity index (χ2v) is 8.26. The van der Waals surface area contributed by atoms with Crippen molar-refractivity contribution in [3.05, 3.63) is 46.1 Å². The van der Waals surface area contributed by atoms with Crippen LogP contribution in [-0.2, 0) is 0 Å². The predicted molar refractivity (Wildman–Crippen MR) is 108 cm³/mol. The summed E-state index contributed by atoms with van der Waals surface area (Å²) in [4.78, 5) is 29.4. The van der Waals surface area contributed by atoms with E-state index in [9.17, 15) is 27.9 Å². The molecule has 32 heavy (non-hydrogen) atoms. The number of hydrogen-bond acceptors (Lipinski definition) is 5. The van der Waals surface area contributed by atoms with Crippen molar-refractivity contribution in [2.45, 2.75) is 44.9 Å². The topological polar surface area (TPSA) is 109 Å². The third kappa shape index (κ3) is 3.68. The molecule has 1 amide bonds. The van der Waals surface area contributed by atoms with Crippen LogP contribution in [0.2, 0.25) is 0 Å². The molecule has 1 saturated heterocycles. The number of aromatic nitrogens is 5. The molecule has 0 aliphatic carbocycles. The lowest BCUT2D eigenvalue weighted by Crippen LogP contribution is -2.52. The Morgan fingerprint density at radius 1 is 1.31 bits per heavy atom. The van der Waals surface area contributed by atoms with Crippen LogP contribution in [0.4, 0.5) is 13.2 Å². The molecule has 0 radical (unpaired) electrons. The van der Waals surface area contributed by atoms with Gasteiger partial charge < -0.3 is 10.0 Å². The Balaban J connectivity index is 1.63. The van der Waals surface area contributed by atoms with Crippen molar-refractivity contribution in [2.75, 3.05) is 13.1 Å². The summed E-state index contributed by atoms with van der Waals surface area (Å²) in [6.07, 6.45) is -0.728. The number of H-pyrrole nitrogens is 1. The second kappa shape index (κ2) is 7.76. The molecule has 0 bridgehead atoms. The summed E-state index contributed by atoms with van der Waals surface area (Å²) in [5.41, 5.74) is -2.36. The molecule has 4 heterocycles. The number of rotatable bonds is 3. The molecule has 2 unspecified atom stereocenters. The van der Waals surface area contributed by atoms with Crippen molar-refractivity contribution in [1.29, 1.82) is 0 Å². The Kier molecular flexibility index (Phi) is 5.35. The number of halogens is 3. The monoisotopic (exact) mass is 452 g/mol. The van der Waals surface area contributed by atoms with Crippen LogP contribution in [0.5, 0.6) is 0 Å². The minimum Gasteiger partial charge on any atom is -0.380 e. The fraction of sp³-hybridized carbons (Fsp3) is 0.500. The number of likely N-dealkylation sites (tertiary alicyclic amines) is 1. The van der Waals surface area contributed by atoms with E-state index in [1.165, 1.54) is 20.3 Å². The first-order valence-corrected chi connectivity index (χ1v) is 10.2. The summed E-state index contributed by atoms with van der Waals surface area (Å²) in [7, 11) is 0. The van der Waals surface area contributed by atoms with Crippen LogP contribution < -0.4 is 5.56 Å². The zero-order valence-corrected chi connectivity index (χ0v) is 17.6. The van der Waals surface area contributed by atoms with Crippen LogP contribution >= 0.6 is 0 Å². The van der Waals surface area contributed by atoms with Crippen LogP contribution in [-0.4, -0.2) is 65.2 Å². The molecule has 172 valence electrons. The van der Waals surface area contributed by atoms with Crippen LogP contribution in [0.3, 0.4) is 0 Å². The number of aromatic amines is 1. The molecule has 2 N–H and O–H groups in total. The zero-order chi connectivity index (χ0) is 23.3. The standard InChI is InChI=1S/C20H23F3N6O3/c1-12-14(10-24-29(12)18-25-16(30)15-7-5-9-28(15)26-18)17(31)27-8-4-3-6-13(11-27)19(2,32)20(21,22)23/h5,7,9-10,13,32H,3-4,6,8,11H2,1-2H3,(H,25,26,30). The number of carbonyl (C=O) groups is 1. The fourth-order valence-electron chi connectivity index (χ4n) is 4.05. The Labute approximate surface area is 180 Å². The van der Waals surface area contributed by atoms with Gasteiger partial charge in [-0.1, -0.05) is 6.42 Å². The van der Waals surface area contributed by atoms with E-state index >= 15 is 0 Å². The fourth-order valence-corrected chi connectivity index (χ4v) is 4.05. The van der Waals surface area contributed by atoms with Crippen LogP contribution in [0, 0.1) is 12.8 Å². The van der Waals surface area contributed by atoms with E-state index in [0.717, 1.165) is 6.92 Å². The maximum absolute atomic E-state index is 13.4. The Morgan fingerprint density at radius 2 is 2.06 bits per heavy atom. The summed E-state index contributed by atoms with van der Waals surface area (Å²) in [5, 5.41) is 18.6. The SMILES string of the molecule is Cc1c(C(=O)N2CCCCC(C(C)(O)C(F)(F)F)C2)cnn1-c1nn2cccc2c(=O)[nH]1. The predicted octanol–water partition coefficient (Wildman–Crippen LogP) is 2.07. The van der Waals surface area contributed by atoms with Gasteiger partial charge in [-0.15, -0.1) is 5.10 Å². The van der Waals surface area contributed by atoms with E-state index < -0.39 is 23.6 Å². The Hall–Kier alpha value is -3.15. The van der Waals surface area contributed by atoms with Gasteiger partial charge in [-0.3, -0.25) is 14.6 Å². The Morgan fingerprint density at radius 3 is 2.78 bits per heavy atom. The van der Waals surface area contributed by atoms with E-state index in [1.807, 2.05) is 0 Å². The van der Waals surface area contributed by atoms with Gasteiger partial charge in [0, 0.05) is 25.2 Å². The smallest absolute Gasteiger partial charge is 0.380 e. The highest BCUT2D eigenvalue weighted by atomic mass is 19.4. The third-order valence-corrected chi connectivity index (χ3v) is 6.16.